The average Bonchev–Trinajstić information content (AvgIpc) is 2.89. The van der Waals surface area contributed by atoms with Gasteiger partial charge in [0.25, 0.3) is 5.69 Å². The Balaban J connectivity index is 2.21. The van der Waals surface area contributed by atoms with Gasteiger partial charge >= 0.3 is 0 Å². The molecule has 0 atom stereocenters. The van der Waals surface area contributed by atoms with Crippen molar-refractivity contribution in [2.24, 2.45) is 0 Å². The van der Waals surface area contributed by atoms with Crippen molar-refractivity contribution in [3.63, 3.8) is 0 Å². The molecule has 0 aliphatic carbocycles. The minimum atomic E-state index is -0.546. The van der Waals surface area contributed by atoms with Crippen LogP contribution in [0.15, 0.2) is 24.5 Å². The van der Waals surface area contributed by atoms with Gasteiger partial charge < -0.3 is 5.32 Å². The number of nitrogens with one attached hydrogen (secondary N) is 2. The van der Waals surface area contributed by atoms with Crippen LogP contribution in [0.2, 0.25) is 0 Å². The Labute approximate surface area is 101 Å². The lowest BCUT2D eigenvalue weighted by molar-refractivity contribution is -0.384. The number of nitrogens with zero attached hydrogens (tertiary/aromatic N) is 3. The smallest absolute Gasteiger partial charge is 0.293 e. The van der Waals surface area contributed by atoms with Gasteiger partial charge in [-0.15, -0.1) is 0 Å². The van der Waals surface area contributed by atoms with Crippen LogP contribution in [0.4, 0.5) is 11.4 Å². The summed E-state index contributed by atoms with van der Waals surface area (Å²) in [4.78, 5) is 24.8. The van der Waals surface area contributed by atoms with E-state index in [4.69, 9.17) is 0 Å². The number of carbonyl (C=O) groups excluding carboxylic acids is 1. The summed E-state index contributed by atoms with van der Waals surface area (Å²) in [5.41, 5.74) is 0.424. The molecule has 0 fully saturated rings. The van der Waals surface area contributed by atoms with Crippen molar-refractivity contribution in [1.82, 2.24) is 15.2 Å². The number of benzene rings is 1. The zero-order valence-electron chi connectivity index (χ0n) is 9.16. The number of aromatic nitrogens is 3. The van der Waals surface area contributed by atoms with E-state index in [0.717, 1.165) is 0 Å². The molecule has 2 aromatic rings. The molecule has 0 aliphatic heterocycles. The molecular weight excluding hydrogens is 238 g/mol. The normalized spacial score (nSPS) is 10.0. The number of nitro benzene ring substituents is 1. The van der Waals surface area contributed by atoms with Crippen LogP contribution in [0.25, 0.3) is 0 Å². The van der Waals surface area contributed by atoms with Gasteiger partial charge in [-0.2, -0.15) is 5.10 Å². The molecule has 2 N–H and O–H groups in total. The average molecular weight is 247 g/mol. The molecule has 0 aliphatic rings. The molecule has 0 amide bonds. The molecule has 0 saturated heterocycles. The summed E-state index contributed by atoms with van der Waals surface area (Å²) < 4.78 is 0. The topological polar surface area (TPSA) is 114 Å². The summed E-state index contributed by atoms with van der Waals surface area (Å²) in [5.74, 6) is 0.559. The standard InChI is InChI=1S/C10H9N5O3/c16-5-7-1-2-8(9(3-7)15(17)18)11-4-10-12-6-13-14-10/h1-3,5-6,11H,4H2,(H,12,13,14). The fourth-order valence-electron chi connectivity index (χ4n) is 1.42. The fraction of sp³-hybridized carbons (Fsp3) is 0.100. The first-order chi connectivity index (χ1) is 8.70. The maximum atomic E-state index is 10.9. The van der Waals surface area contributed by atoms with Gasteiger partial charge in [0.2, 0.25) is 0 Å². The second-order valence-corrected chi connectivity index (χ2v) is 3.44. The maximum Gasteiger partial charge on any atom is 0.293 e. The van der Waals surface area contributed by atoms with E-state index in [2.05, 4.69) is 20.5 Å². The Hall–Kier alpha value is -2.77. The quantitative estimate of drug-likeness (QED) is 0.465. The van der Waals surface area contributed by atoms with Gasteiger partial charge in [0.15, 0.2) is 0 Å². The maximum absolute atomic E-state index is 10.9. The van der Waals surface area contributed by atoms with E-state index in [0.29, 0.717) is 17.8 Å². The molecule has 0 bridgehead atoms. The third kappa shape index (κ3) is 2.48. The molecule has 0 spiro atoms. The highest BCUT2D eigenvalue weighted by Gasteiger charge is 2.14. The van der Waals surface area contributed by atoms with E-state index in [1.165, 1.54) is 24.5 Å². The predicted octanol–water partition coefficient (Wildman–Crippen LogP) is 1.14. The van der Waals surface area contributed by atoms with Crippen molar-refractivity contribution in [3.05, 3.63) is 46.0 Å². The van der Waals surface area contributed by atoms with Crippen LogP contribution in [-0.4, -0.2) is 26.4 Å². The minimum absolute atomic E-state index is 0.154. The van der Waals surface area contributed by atoms with E-state index in [1.807, 2.05) is 0 Å². The monoisotopic (exact) mass is 247 g/mol. The second-order valence-electron chi connectivity index (χ2n) is 3.44. The van der Waals surface area contributed by atoms with Crippen LogP contribution in [0.3, 0.4) is 0 Å². The van der Waals surface area contributed by atoms with Crippen LogP contribution in [0, 0.1) is 10.1 Å². The van der Waals surface area contributed by atoms with Crippen molar-refractivity contribution in [3.8, 4) is 0 Å². The van der Waals surface area contributed by atoms with Crippen molar-refractivity contribution < 1.29 is 9.72 Å². The highest BCUT2D eigenvalue weighted by Crippen LogP contribution is 2.25. The highest BCUT2D eigenvalue weighted by atomic mass is 16.6. The van der Waals surface area contributed by atoms with Crippen molar-refractivity contribution in [2.75, 3.05) is 5.32 Å². The number of aldehydes is 1. The summed E-state index contributed by atoms with van der Waals surface area (Å²) in [6.07, 6.45) is 1.91. The molecule has 1 aromatic carbocycles. The lowest BCUT2D eigenvalue weighted by Gasteiger charge is -2.05. The SMILES string of the molecule is O=Cc1ccc(NCc2ncn[nH]2)c([N+](=O)[O-])c1. The Morgan fingerprint density at radius 2 is 2.33 bits per heavy atom. The van der Waals surface area contributed by atoms with Crippen LogP contribution in [0.5, 0.6) is 0 Å². The Morgan fingerprint density at radius 1 is 1.50 bits per heavy atom. The molecule has 0 radical (unpaired) electrons. The van der Waals surface area contributed by atoms with E-state index in [9.17, 15) is 14.9 Å². The highest BCUT2D eigenvalue weighted by molar-refractivity contribution is 5.79. The summed E-state index contributed by atoms with van der Waals surface area (Å²) in [6.45, 7) is 0.279. The number of carbonyl (C=O) groups is 1. The first-order valence-corrected chi connectivity index (χ1v) is 5.02. The summed E-state index contributed by atoms with van der Waals surface area (Å²) in [7, 11) is 0. The second kappa shape index (κ2) is 5.04. The molecule has 0 saturated carbocycles. The minimum Gasteiger partial charge on any atom is -0.372 e. The van der Waals surface area contributed by atoms with Crippen molar-refractivity contribution >= 4 is 17.7 Å². The number of hydrogen-bond donors (Lipinski definition) is 2. The van der Waals surface area contributed by atoms with Gasteiger partial charge in [-0.1, -0.05) is 0 Å². The van der Waals surface area contributed by atoms with Gasteiger partial charge in [0.1, 0.15) is 24.1 Å². The first-order valence-electron chi connectivity index (χ1n) is 5.02. The lowest BCUT2D eigenvalue weighted by atomic mass is 10.2. The summed E-state index contributed by atoms with van der Waals surface area (Å²) >= 11 is 0. The molecule has 1 heterocycles. The number of hydrogen-bond acceptors (Lipinski definition) is 6. The van der Waals surface area contributed by atoms with E-state index >= 15 is 0 Å². The number of H-pyrrole nitrogens is 1. The molecule has 92 valence electrons. The largest absolute Gasteiger partial charge is 0.372 e. The predicted molar refractivity (Wildman–Crippen MR) is 62.2 cm³/mol. The van der Waals surface area contributed by atoms with Gasteiger partial charge in [-0.3, -0.25) is 20.0 Å². The van der Waals surface area contributed by atoms with E-state index in [-0.39, 0.29) is 17.8 Å². The third-order valence-electron chi connectivity index (χ3n) is 2.27. The van der Waals surface area contributed by atoms with Gasteiger partial charge in [0, 0.05) is 11.6 Å². The Bertz CT molecular complexity index is 567. The lowest BCUT2D eigenvalue weighted by Crippen LogP contribution is -2.04. The third-order valence-corrected chi connectivity index (χ3v) is 2.27. The van der Waals surface area contributed by atoms with Crippen molar-refractivity contribution in [2.45, 2.75) is 6.54 Å². The van der Waals surface area contributed by atoms with Crippen LogP contribution >= 0.6 is 0 Å². The zero-order chi connectivity index (χ0) is 13.0. The first kappa shape index (κ1) is 11.7. The fourth-order valence-corrected chi connectivity index (χ4v) is 1.42. The van der Waals surface area contributed by atoms with Crippen molar-refractivity contribution in [1.29, 1.82) is 0 Å². The molecule has 2 rings (SSSR count). The molecule has 0 unspecified atom stereocenters. The van der Waals surface area contributed by atoms with Crippen LogP contribution < -0.4 is 5.32 Å². The van der Waals surface area contributed by atoms with Crippen LogP contribution in [0.1, 0.15) is 16.2 Å². The van der Waals surface area contributed by atoms with Gasteiger partial charge in [-0.05, 0) is 12.1 Å². The summed E-state index contributed by atoms with van der Waals surface area (Å²) in [6, 6.07) is 4.21. The molecule has 18 heavy (non-hydrogen) atoms. The number of aromatic amines is 1. The molecule has 8 nitrogen and oxygen atoms in total. The van der Waals surface area contributed by atoms with E-state index < -0.39 is 4.92 Å². The van der Waals surface area contributed by atoms with Gasteiger partial charge in [0.05, 0.1) is 11.5 Å². The Kier molecular flexibility index (Phi) is 3.28. The molecule has 1 aromatic heterocycles. The van der Waals surface area contributed by atoms with Gasteiger partial charge in [-0.25, -0.2) is 4.98 Å². The number of rotatable bonds is 5. The van der Waals surface area contributed by atoms with E-state index in [1.54, 1.807) is 0 Å². The number of nitro groups is 1. The Morgan fingerprint density at radius 3 is 2.94 bits per heavy atom. The summed E-state index contributed by atoms with van der Waals surface area (Å²) in [5, 5.41) is 20.0. The number of anilines is 1. The zero-order valence-corrected chi connectivity index (χ0v) is 9.16. The van der Waals surface area contributed by atoms with Crippen LogP contribution in [-0.2, 0) is 6.54 Å². The molecule has 8 heteroatoms. The molecular formula is C10H9N5O3.